The predicted molar refractivity (Wildman–Crippen MR) is 69.1 cm³/mol. The Balaban J connectivity index is 2.03. The number of rotatable bonds is 1. The maximum absolute atomic E-state index is 6.07. The summed E-state index contributed by atoms with van der Waals surface area (Å²) in [4.78, 5) is 6.52. The number of piperazine rings is 1. The van der Waals surface area contributed by atoms with Crippen LogP contribution in [0.15, 0.2) is 16.5 Å². The lowest BCUT2D eigenvalue weighted by molar-refractivity contribution is 0.517. The van der Waals surface area contributed by atoms with Gasteiger partial charge in [-0.2, -0.15) is 4.98 Å². The van der Waals surface area contributed by atoms with E-state index in [2.05, 4.69) is 15.2 Å². The molecule has 0 saturated carbocycles. The lowest BCUT2D eigenvalue weighted by Gasteiger charge is -2.25. The molecule has 1 N–H and O–H groups in total. The number of halogens is 2. The van der Waals surface area contributed by atoms with Gasteiger partial charge in [0.05, 0.1) is 5.02 Å². The summed E-state index contributed by atoms with van der Waals surface area (Å²) in [6.07, 6.45) is 0. The van der Waals surface area contributed by atoms with Crippen molar-refractivity contribution < 1.29 is 4.42 Å². The average molecular weight is 272 g/mol. The van der Waals surface area contributed by atoms with Gasteiger partial charge in [0.25, 0.3) is 6.01 Å². The van der Waals surface area contributed by atoms with E-state index in [-0.39, 0.29) is 0 Å². The fourth-order valence-corrected chi connectivity index (χ4v) is 2.46. The summed E-state index contributed by atoms with van der Waals surface area (Å²) in [5.74, 6) is 0. The highest BCUT2D eigenvalue weighted by atomic mass is 35.5. The molecule has 1 aromatic heterocycles. The topological polar surface area (TPSA) is 41.3 Å². The molecule has 1 aliphatic heterocycles. The van der Waals surface area contributed by atoms with Crippen molar-refractivity contribution in [2.24, 2.45) is 0 Å². The number of benzene rings is 1. The first kappa shape index (κ1) is 11.1. The molecule has 2 aromatic rings. The van der Waals surface area contributed by atoms with Gasteiger partial charge >= 0.3 is 0 Å². The van der Waals surface area contributed by atoms with Gasteiger partial charge in [0.15, 0.2) is 5.58 Å². The highest BCUT2D eigenvalue weighted by molar-refractivity contribution is 6.38. The Hall–Kier alpha value is -0.970. The molecule has 0 atom stereocenters. The third-order valence-electron chi connectivity index (χ3n) is 2.79. The molecule has 3 rings (SSSR count). The Bertz CT molecular complexity index is 549. The lowest BCUT2D eigenvalue weighted by atomic mass is 10.3. The van der Waals surface area contributed by atoms with E-state index >= 15 is 0 Å². The van der Waals surface area contributed by atoms with Crippen molar-refractivity contribution in [3.8, 4) is 0 Å². The molecule has 1 saturated heterocycles. The molecular weight excluding hydrogens is 261 g/mol. The quantitative estimate of drug-likeness (QED) is 0.866. The fraction of sp³-hybridized carbons (Fsp3) is 0.364. The molecular formula is C11H11Cl2N3O. The smallest absolute Gasteiger partial charge is 0.298 e. The van der Waals surface area contributed by atoms with Crippen molar-refractivity contribution in [2.45, 2.75) is 0 Å². The Morgan fingerprint density at radius 2 is 2.00 bits per heavy atom. The molecule has 6 heteroatoms. The maximum Gasteiger partial charge on any atom is 0.298 e. The van der Waals surface area contributed by atoms with Crippen LogP contribution in [0.2, 0.25) is 10.0 Å². The van der Waals surface area contributed by atoms with Crippen LogP contribution in [-0.4, -0.2) is 31.2 Å². The van der Waals surface area contributed by atoms with Gasteiger partial charge in [-0.05, 0) is 12.1 Å². The molecule has 0 unspecified atom stereocenters. The molecule has 0 aliphatic carbocycles. The van der Waals surface area contributed by atoms with E-state index in [4.69, 9.17) is 27.6 Å². The highest BCUT2D eigenvalue weighted by Crippen LogP contribution is 2.31. The fourth-order valence-electron chi connectivity index (χ4n) is 1.94. The van der Waals surface area contributed by atoms with E-state index in [1.165, 1.54) is 0 Å². The summed E-state index contributed by atoms with van der Waals surface area (Å²) in [6.45, 7) is 3.65. The normalized spacial score (nSPS) is 16.7. The molecule has 1 fully saturated rings. The third-order valence-corrected chi connectivity index (χ3v) is 3.28. The lowest BCUT2D eigenvalue weighted by Crippen LogP contribution is -2.43. The minimum absolute atomic E-state index is 0.501. The first-order valence-electron chi connectivity index (χ1n) is 5.45. The van der Waals surface area contributed by atoms with Crippen LogP contribution in [0.4, 0.5) is 6.01 Å². The molecule has 0 bridgehead atoms. The molecule has 1 aliphatic rings. The zero-order valence-corrected chi connectivity index (χ0v) is 10.6. The van der Waals surface area contributed by atoms with Crippen molar-refractivity contribution in [3.63, 3.8) is 0 Å². The molecule has 2 heterocycles. The molecule has 17 heavy (non-hydrogen) atoms. The van der Waals surface area contributed by atoms with Crippen molar-refractivity contribution >= 4 is 40.3 Å². The summed E-state index contributed by atoms with van der Waals surface area (Å²) in [6, 6.07) is 4.04. The zero-order chi connectivity index (χ0) is 11.8. The highest BCUT2D eigenvalue weighted by Gasteiger charge is 2.17. The number of nitrogens with zero attached hydrogens (tertiary/aromatic N) is 2. The van der Waals surface area contributed by atoms with Crippen molar-refractivity contribution in [2.75, 3.05) is 31.1 Å². The van der Waals surface area contributed by atoms with E-state index in [1.807, 2.05) is 0 Å². The minimum Gasteiger partial charge on any atom is -0.422 e. The summed E-state index contributed by atoms with van der Waals surface area (Å²) >= 11 is 12.0. The first-order valence-corrected chi connectivity index (χ1v) is 6.21. The molecule has 1 aromatic carbocycles. The van der Waals surface area contributed by atoms with E-state index < -0.39 is 0 Å². The van der Waals surface area contributed by atoms with Crippen LogP contribution in [0, 0.1) is 0 Å². The number of nitrogens with one attached hydrogen (secondary N) is 1. The van der Waals surface area contributed by atoms with Crippen molar-refractivity contribution in [3.05, 3.63) is 22.2 Å². The largest absolute Gasteiger partial charge is 0.422 e. The summed E-state index contributed by atoms with van der Waals surface area (Å²) < 4.78 is 5.69. The molecule has 0 spiro atoms. The van der Waals surface area contributed by atoms with Crippen LogP contribution < -0.4 is 10.2 Å². The van der Waals surface area contributed by atoms with Crippen molar-refractivity contribution in [1.29, 1.82) is 0 Å². The van der Waals surface area contributed by atoms with E-state index in [1.54, 1.807) is 12.1 Å². The average Bonchev–Trinajstić information content (AvgIpc) is 2.74. The zero-order valence-electron chi connectivity index (χ0n) is 9.04. The number of hydrogen-bond donors (Lipinski definition) is 1. The second kappa shape index (κ2) is 4.37. The second-order valence-electron chi connectivity index (χ2n) is 3.97. The maximum atomic E-state index is 6.07. The Kier molecular flexibility index (Phi) is 2.86. The molecule has 4 nitrogen and oxygen atoms in total. The number of hydrogen-bond acceptors (Lipinski definition) is 4. The summed E-state index contributed by atoms with van der Waals surface area (Å²) in [5, 5.41) is 4.35. The molecule has 0 radical (unpaired) electrons. The minimum atomic E-state index is 0.501. The van der Waals surface area contributed by atoms with Gasteiger partial charge in [-0.25, -0.2) is 0 Å². The molecule has 90 valence electrons. The Labute approximate surface area is 108 Å². The van der Waals surface area contributed by atoms with Gasteiger partial charge in [0.1, 0.15) is 5.52 Å². The number of anilines is 1. The molecule has 0 amide bonds. The van der Waals surface area contributed by atoms with E-state index in [0.717, 1.165) is 26.2 Å². The second-order valence-corrected chi connectivity index (χ2v) is 4.81. The number of oxazole rings is 1. The van der Waals surface area contributed by atoms with Gasteiger partial charge in [-0.1, -0.05) is 23.2 Å². The predicted octanol–water partition coefficient (Wildman–Crippen LogP) is 2.54. The van der Waals surface area contributed by atoms with Gasteiger partial charge in [0, 0.05) is 31.2 Å². The van der Waals surface area contributed by atoms with Crippen LogP contribution >= 0.6 is 23.2 Å². The van der Waals surface area contributed by atoms with Crippen LogP contribution in [0.1, 0.15) is 0 Å². The number of aromatic nitrogens is 1. The summed E-state index contributed by atoms with van der Waals surface area (Å²) in [5.41, 5.74) is 1.31. The monoisotopic (exact) mass is 271 g/mol. The van der Waals surface area contributed by atoms with E-state index in [9.17, 15) is 0 Å². The first-order chi connectivity index (χ1) is 8.24. The van der Waals surface area contributed by atoms with Gasteiger partial charge in [-0.15, -0.1) is 0 Å². The van der Waals surface area contributed by atoms with Crippen LogP contribution in [0.25, 0.3) is 11.1 Å². The van der Waals surface area contributed by atoms with Crippen LogP contribution in [0.5, 0.6) is 0 Å². The summed E-state index contributed by atoms with van der Waals surface area (Å²) in [7, 11) is 0. The van der Waals surface area contributed by atoms with E-state index in [0.29, 0.717) is 27.2 Å². The van der Waals surface area contributed by atoms with Gasteiger partial charge < -0.3 is 14.6 Å². The number of fused-ring (bicyclic) bond motifs is 1. The van der Waals surface area contributed by atoms with Crippen LogP contribution in [-0.2, 0) is 0 Å². The Morgan fingerprint density at radius 3 is 2.76 bits per heavy atom. The van der Waals surface area contributed by atoms with Crippen LogP contribution in [0.3, 0.4) is 0 Å². The Morgan fingerprint density at radius 1 is 1.24 bits per heavy atom. The SMILES string of the molecule is Clc1cc(Cl)c2oc(N3CCNCC3)nc2c1. The van der Waals surface area contributed by atoms with Gasteiger partial charge in [0.2, 0.25) is 0 Å². The standard InChI is InChI=1S/C11H11Cl2N3O/c12-7-5-8(13)10-9(6-7)15-11(17-10)16-3-1-14-2-4-16/h5-6,14H,1-4H2. The van der Waals surface area contributed by atoms with Gasteiger partial charge in [-0.3, -0.25) is 0 Å². The third kappa shape index (κ3) is 2.08. The van der Waals surface area contributed by atoms with Crippen molar-refractivity contribution in [1.82, 2.24) is 10.3 Å².